The van der Waals surface area contributed by atoms with Gasteiger partial charge < -0.3 is 15.1 Å². The molecule has 7 nitrogen and oxygen atoms in total. The standard InChI is InChI=1S/C23H37N5O2/c1-19(2)8-9-22(29)25-16-23(30)28-11-5-6-20(18-28)17-26-12-14-27(15-13-26)21-7-3-4-10-24-21/h3-4,7,10,19-20H,5-6,8-9,11-18H2,1-2H3,(H,25,29). The number of piperazine rings is 1. The van der Waals surface area contributed by atoms with Crippen molar-refractivity contribution in [3.05, 3.63) is 24.4 Å². The zero-order valence-electron chi connectivity index (χ0n) is 18.6. The molecule has 3 heterocycles. The van der Waals surface area contributed by atoms with Crippen LogP contribution in [0.5, 0.6) is 0 Å². The minimum Gasteiger partial charge on any atom is -0.354 e. The number of amides is 2. The fraction of sp³-hybridized carbons (Fsp3) is 0.696. The third-order valence-corrected chi connectivity index (χ3v) is 6.12. The van der Waals surface area contributed by atoms with Gasteiger partial charge in [0.05, 0.1) is 6.54 Å². The number of piperidine rings is 1. The molecule has 1 aromatic heterocycles. The molecule has 1 unspecified atom stereocenters. The summed E-state index contributed by atoms with van der Waals surface area (Å²) in [6, 6.07) is 6.06. The monoisotopic (exact) mass is 415 g/mol. The lowest BCUT2D eigenvalue weighted by molar-refractivity contribution is -0.134. The van der Waals surface area contributed by atoms with Gasteiger partial charge in [0.2, 0.25) is 11.8 Å². The first-order valence-corrected chi connectivity index (χ1v) is 11.4. The topological polar surface area (TPSA) is 68.8 Å². The summed E-state index contributed by atoms with van der Waals surface area (Å²) in [6.07, 6.45) is 5.43. The molecule has 7 heteroatoms. The van der Waals surface area contributed by atoms with E-state index in [1.54, 1.807) is 0 Å². The largest absolute Gasteiger partial charge is 0.354 e. The predicted octanol–water partition coefficient (Wildman–Crippen LogP) is 1.99. The number of nitrogens with zero attached hydrogens (tertiary/aromatic N) is 4. The smallest absolute Gasteiger partial charge is 0.241 e. The molecule has 2 aliphatic rings. The highest BCUT2D eigenvalue weighted by Gasteiger charge is 2.27. The van der Waals surface area contributed by atoms with Gasteiger partial charge in [-0.2, -0.15) is 0 Å². The number of pyridine rings is 1. The maximum Gasteiger partial charge on any atom is 0.241 e. The molecule has 1 aromatic rings. The normalized spacial score (nSPS) is 20.4. The summed E-state index contributed by atoms with van der Waals surface area (Å²) >= 11 is 0. The number of hydrogen-bond acceptors (Lipinski definition) is 5. The van der Waals surface area contributed by atoms with Gasteiger partial charge >= 0.3 is 0 Å². The second-order valence-corrected chi connectivity index (χ2v) is 9.03. The van der Waals surface area contributed by atoms with E-state index >= 15 is 0 Å². The van der Waals surface area contributed by atoms with Crippen LogP contribution in [-0.2, 0) is 9.59 Å². The van der Waals surface area contributed by atoms with E-state index < -0.39 is 0 Å². The highest BCUT2D eigenvalue weighted by molar-refractivity contribution is 5.84. The summed E-state index contributed by atoms with van der Waals surface area (Å²) in [5.41, 5.74) is 0. The molecule has 2 fully saturated rings. The van der Waals surface area contributed by atoms with Crippen LogP contribution in [0.1, 0.15) is 39.5 Å². The van der Waals surface area contributed by atoms with E-state index in [1.807, 2.05) is 23.2 Å². The van der Waals surface area contributed by atoms with E-state index in [0.29, 0.717) is 18.3 Å². The van der Waals surface area contributed by atoms with E-state index in [0.717, 1.165) is 64.5 Å². The first kappa shape index (κ1) is 22.5. The molecule has 0 aromatic carbocycles. The number of anilines is 1. The van der Waals surface area contributed by atoms with Crippen LogP contribution in [0.3, 0.4) is 0 Å². The average molecular weight is 416 g/mol. The molecule has 3 rings (SSSR count). The molecule has 0 spiro atoms. The van der Waals surface area contributed by atoms with Crippen molar-refractivity contribution in [2.24, 2.45) is 11.8 Å². The summed E-state index contributed by atoms with van der Waals surface area (Å²) in [6.45, 7) is 11.1. The first-order chi connectivity index (χ1) is 14.5. The van der Waals surface area contributed by atoms with Crippen molar-refractivity contribution in [3.8, 4) is 0 Å². The van der Waals surface area contributed by atoms with Crippen LogP contribution >= 0.6 is 0 Å². The number of carbonyl (C=O) groups is 2. The second-order valence-electron chi connectivity index (χ2n) is 9.03. The van der Waals surface area contributed by atoms with Crippen LogP contribution in [0.4, 0.5) is 5.82 Å². The van der Waals surface area contributed by atoms with Gasteiger partial charge in [-0.05, 0) is 43.2 Å². The molecule has 0 aliphatic carbocycles. The molecular weight excluding hydrogens is 378 g/mol. The number of hydrogen-bond donors (Lipinski definition) is 1. The van der Waals surface area contributed by atoms with Crippen LogP contribution in [-0.4, -0.2) is 79.0 Å². The van der Waals surface area contributed by atoms with Crippen molar-refractivity contribution in [1.29, 1.82) is 0 Å². The van der Waals surface area contributed by atoms with E-state index in [2.05, 4.69) is 40.0 Å². The summed E-state index contributed by atoms with van der Waals surface area (Å²) < 4.78 is 0. The van der Waals surface area contributed by atoms with Gasteiger partial charge in [0.25, 0.3) is 0 Å². The Bertz CT molecular complexity index is 673. The van der Waals surface area contributed by atoms with Crippen molar-refractivity contribution in [1.82, 2.24) is 20.1 Å². The van der Waals surface area contributed by atoms with E-state index in [-0.39, 0.29) is 18.4 Å². The lowest BCUT2D eigenvalue weighted by atomic mass is 9.97. The van der Waals surface area contributed by atoms with Crippen LogP contribution in [0.15, 0.2) is 24.4 Å². The van der Waals surface area contributed by atoms with Gasteiger partial charge in [-0.1, -0.05) is 19.9 Å². The first-order valence-electron chi connectivity index (χ1n) is 11.4. The Balaban J connectivity index is 1.37. The molecule has 2 amide bonds. The lowest BCUT2D eigenvalue weighted by Crippen LogP contribution is -2.51. The van der Waals surface area contributed by atoms with Crippen molar-refractivity contribution < 1.29 is 9.59 Å². The van der Waals surface area contributed by atoms with Crippen LogP contribution in [0.25, 0.3) is 0 Å². The van der Waals surface area contributed by atoms with Gasteiger partial charge in [-0.15, -0.1) is 0 Å². The summed E-state index contributed by atoms with van der Waals surface area (Å²) in [5, 5.41) is 2.80. The highest BCUT2D eigenvalue weighted by Crippen LogP contribution is 2.20. The molecular formula is C23H37N5O2. The summed E-state index contributed by atoms with van der Waals surface area (Å²) in [5.74, 6) is 2.11. The molecule has 1 N–H and O–H groups in total. The molecule has 0 radical (unpaired) electrons. The average Bonchev–Trinajstić information content (AvgIpc) is 2.77. The van der Waals surface area contributed by atoms with E-state index in [4.69, 9.17) is 0 Å². The molecule has 166 valence electrons. The molecule has 0 bridgehead atoms. The quantitative estimate of drug-likeness (QED) is 0.703. The molecule has 0 saturated carbocycles. The Hall–Kier alpha value is -2.15. The third kappa shape index (κ3) is 6.97. The SMILES string of the molecule is CC(C)CCC(=O)NCC(=O)N1CCCC(CN2CCN(c3ccccn3)CC2)C1. The number of carbonyl (C=O) groups excluding carboxylic acids is 2. The van der Waals surface area contributed by atoms with E-state index in [9.17, 15) is 9.59 Å². The maximum absolute atomic E-state index is 12.6. The Kier molecular flexibility index (Phi) is 8.49. The van der Waals surface area contributed by atoms with Crippen LogP contribution < -0.4 is 10.2 Å². The summed E-state index contributed by atoms with van der Waals surface area (Å²) in [7, 11) is 0. The number of nitrogens with one attached hydrogen (secondary N) is 1. The van der Waals surface area contributed by atoms with Gasteiger partial charge in [0.1, 0.15) is 5.82 Å². The minimum absolute atomic E-state index is 0.0172. The fourth-order valence-electron chi connectivity index (χ4n) is 4.30. The molecule has 1 atom stereocenters. The lowest BCUT2D eigenvalue weighted by Gasteiger charge is -2.39. The number of likely N-dealkylation sites (tertiary alicyclic amines) is 1. The Labute approximate surface area is 180 Å². The van der Waals surface area contributed by atoms with Gasteiger partial charge in [0.15, 0.2) is 0 Å². The molecule has 2 aliphatic heterocycles. The zero-order chi connectivity index (χ0) is 21.3. The number of aromatic nitrogens is 1. The van der Waals surface area contributed by atoms with Gasteiger partial charge in [-0.3, -0.25) is 14.5 Å². The summed E-state index contributed by atoms with van der Waals surface area (Å²) in [4.78, 5) is 35.7. The van der Waals surface area contributed by atoms with Crippen molar-refractivity contribution in [3.63, 3.8) is 0 Å². The maximum atomic E-state index is 12.6. The van der Waals surface area contributed by atoms with Gasteiger partial charge in [0, 0.05) is 58.4 Å². The fourth-order valence-corrected chi connectivity index (χ4v) is 4.30. The van der Waals surface area contributed by atoms with Crippen LogP contribution in [0, 0.1) is 11.8 Å². The van der Waals surface area contributed by atoms with Crippen molar-refractivity contribution >= 4 is 17.6 Å². The minimum atomic E-state index is -0.0172. The molecule has 30 heavy (non-hydrogen) atoms. The third-order valence-electron chi connectivity index (χ3n) is 6.12. The Morgan fingerprint density at radius 2 is 1.97 bits per heavy atom. The predicted molar refractivity (Wildman–Crippen MR) is 119 cm³/mol. The molecule has 2 saturated heterocycles. The number of rotatable bonds is 8. The zero-order valence-corrected chi connectivity index (χ0v) is 18.6. The van der Waals surface area contributed by atoms with Crippen molar-refractivity contribution in [2.75, 3.05) is 57.3 Å². The van der Waals surface area contributed by atoms with E-state index in [1.165, 1.54) is 6.42 Å². The van der Waals surface area contributed by atoms with Crippen molar-refractivity contribution in [2.45, 2.75) is 39.5 Å². The highest BCUT2D eigenvalue weighted by atomic mass is 16.2. The van der Waals surface area contributed by atoms with Gasteiger partial charge in [-0.25, -0.2) is 4.98 Å². The Morgan fingerprint density at radius 3 is 2.67 bits per heavy atom. The Morgan fingerprint density at radius 1 is 1.17 bits per heavy atom. The van der Waals surface area contributed by atoms with Crippen LogP contribution in [0.2, 0.25) is 0 Å². The second kappa shape index (κ2) is 11.3.